The zero-order valence-corrected chi connectivity index (χ0v) is 20.7. The molecule has 0 unspecified atom stereocenters. The Morgan fingerprint density at radius 1 is 0.703 bits per heavy atom. The van der Waals surface area contributed by atoms with Crippen molar-refractivity contribution in [2.45, 2.75) is 45.5 Å². The Hall–Kier alpha value is -3.73. The van der Waals surface area contributed by atoms with Crippen LogP contribution < -0.4 is 0 Å². The maximum Gasteiger partial charge on any atom is 0.257 e. The fraction of sp³-hybridized carbons (Fsp3) is 0.219. The lowest BCUT2D eigenvalue weighted by Gasteiger charge is -2.09. The minimum Gasteiger partial charge on any atom is -0.256 e. The van der Waals surface area contributed by atoms with E-state index in [9.17, 15) is 17.6 Å². The van der Waals surface area contributed by atoms with Crippen LogP contribution in [-0.2, 0) is 25.7 Å². The number of allylic oxidation sites excluding steroid dienone is 2. The summed E-state index contributed by atoms with van der Waals surface area (Å²) in [6.07, 6.45) is 4.05. The van der Waals surface area contributed by atoms with E-state index in [1.54, 1.807) is 0 Å². The van der Waals surface area contributed by atoms with E-state index in [1.165, 1.54) is 17.7 Å². The molecule has 0 radical (unpaired) electrons. The summed E-state index contributed by atoms with van der Waals surface area (Å²) in [5, 5.41) is 0. The van der Waals surface area contributed by atoms with E-state index in [0.717, 1.165) is 46.9 Å². The van der Waals surface area contributed by atoms with Crippen molar-refractivity contribution < 1.29 is 17.6 Å². The van der Waals surface area contributed by atoms with Gasteiger partial charge in [-0.25, -0.2) is 17.6 Å². The smallest absolute Gasteiger partial charge is 0.256 e. The number of aromatic nitrogens is 1. The highest BCUT2D eigenvalue weighted by atomic mass is 19.3. The summed E-state index contributed by atoms with van der Waals surface area (Å²) in [5.74, 6) is -1.42. The van der Waals surface area contributed by atoms with Gasteiger partial charge >= 0.3 is 0 Å². The van der Waals surface area contributed by atoms with Gasteiger partial charge in [0.25, 0.3) is 6.43 Å². The third-order valence-electron chi connectivity index (χ3n) is 6.34. The highest BCUT2D eigenvalue weighted by molar-refractivity contribution is 5.69. The molecule has 37 heavy (non-hydrogen) atoms. The maximum atomic E-state index is 14.3. The number of hydrogen-bond donors (Lipinski definition) is 0. The fourth-order valence-electron chi connectivity index (χ4n) is 4.30. The van der Waals surface area contributed by atoms with Crippen molar-refractivity contribution in [2.24, 2.45) is 0 Å². The van der Waals surface area contributed by atoms with Crippen LogP contribution in [0.3, 0.4) is 0 Å². The van der Waals surface area contributed by atoms with Crippen LogP contribution in [0, 0.1) is 11.6 Å². The molecule has 0 aliphatic rings. The van der Waals surface area contributed by atoms with Gasteiger partial charge in [0.2, 0.25) is 0 Å². The molecule has 0 saturated heterocycles. The summed E-state index contributed by atoms with van der Waals surface area (Å²) in [7, 11) is 0. The zero-order chi connectivity index (χ0) is 26.2. The molecule has 0 amide bonds. The molecule has 0 bridgehead atoms. The third kappa shape index (κ3) is 7.16. The highest BCUT2D eigenvalue weighted by Gasteiger charge is 2.11. The first-order valence-electron chi connectivity index (χ1n) is 12.5. The summed E-state index contributed by atoms with van der Waals surface area (Å²) in [6, 6.07) is 23.2. The highest BCUT2D eigenvalue weighted by Crippen LogP contribution is 2.25. The first kappa shape index (κ1) is 26.3. The Labute approximate surface area is 215 Å². The topological polar surface area (TPSA) is 12.9 Å². The van der Waals surface area contributed by atoms with Gasteiger partial charge in [0.15, 0.2) is 0 Å². The number of rotatable bonds is 10. The van der Waals surface area contributed by atoms with Crippen LogP contribution in [0.2, 0.25) is 0 Å². The van der Waals surface area contributed by atoms with Crippen LogP contribution >= 0.6 is 0 Å². The van der Waals surface area contributed by atoms with Crippen LogP contribution in [0.1, 0.15) is 35.6 Å². The Morgan fingerprint density at radius 3 is 1.84 bits per heavy atom. The molecule has 1 heterocycles. The zero-order valence-electron chi connectivity index (χ0n) is 20.7. The van der Waals surface area contributed by atoms with E-state index >= 15 is 0 Å². The van der Waals surface area contributed by atoms with Crippen molar-refractivity contribution in [3.05, 3.63) is 125 Å². The molecular formula is C32H29F4N. The Kier molecular flexibility index (Phi) is 8.89. The van der Waals surface area contributed by atoms with E-state index in [2.05, 4.69) is 48.3 Å². The summed E-state index contributed by atoms with van der Waals surface area (Å²) in [5.41, 5.74) is 6.84. The number of pyridine rings is 1. The molecule has 5 heteroatoms. The van der Waals surface area contributed by atoms with E-state index in [0.29, 0.717) is 24.5 Å². The average molecular weight is 504 g/mol. The molecule has 0 spiro atoms. The molecule has 4 rings (SSSR count). The first-order valence-corrected chi connectivity index (χ1v) is 12.5. The molecule has 0 N–H and O–H groups in total. The molecule has 3 aromatic carbocycles. The van der Waals surface area contributed by atoms with Crippen molar-refractivity contribution >= 4 is 0 Å². The minimum absolute atomic E-state index is 0.194. The number of aryl methyl sites for hydroxylation is 3. The second-order valence-corrected chi connectivity index (χ2v) is 9.08. The van der Waals surface area contributed by atoms with Gasteiger partial charge in [-0.15, -0.1) is 0 Å². The van der Waals surface area contributed by atoms with Crippen LogP contribution in [0.5, 0.6) is 0 Å². The predicted molar refractivity (Wildman–Crippen MR) is 142 cm³/mol. The molecule has 1 nitrogen and oxygen atoms in total. The lowest BCUT2D eigenvalue weighted by atomic mass is 9.98. The van der Waals surface area contributed by atoms with Crippen molar-refractivity contribution in [1.82, 2.24) is 4.98 Å². The predicted octanol–water partition coefficient (Wildman–Crippen LogP) is 8.80. The molecule has 190 valence electrons. The number of nitrogens with zero attached hydrogens (tertiary/aromatic N) is 1. The molecule has 4 aromatic rings. The SMILES string of the molecule is CCCc1ccc(-c2ccc(-c3ccc(CCc4cc(F)c(C/C=C/C(F)F)c(F)c4)cc3)cc2)nc1. The summed E-state index contributed by atoms with van der Waals surface area (Å²) in [4.78, 5) is 4.58. The second kappa shape index (κ2) is 12.5. The van der Waals surface area contributed by atoms with Crippen LogP contribution in [0.25, 0.3) is 22.4 Å². The van der Waals surface area contributed by atoms with Gasteiger partial charge in [-0.1, -0.05) is 74.0 Å². The van der Waals surface area contributed by atoms with Gasteiger partial charge in [0, 0.05) is 17.3 Å². The third-order valence-corrected chi connectivity index (χ3v) is 6.34. The van der Waals surface area contributed by atoms with Crippen LogP contribution in [-0.4, -0.2) is 11.4 Å². The summed E-state index contributed by atoms with van der Waals surface area (Å²) >= 11 is 0. The van der Waals surface area contributed by atoms with Crippen molar-refractivity contribution in [2.75, 3.05) is 0 Å². The van der Waals surface area contributed by atoms with Crippen LogP contribution in [0.4, 0.5) is 17.6 Å². The van der Waals surface area contributed by atoms with Gasteiger partial charge in [-0.3, -0.25) is 4.98 Å². The lowest BCUT2D eigenvalue weighted by Crippen LogP contribution is -1.99. The van der Waals surface area contributed by atoms with Crippen molar-refractivity contribution in [3.8, 4) is 22.4 Å². The Morgan fingerprint density at radius 2 is 1.27 bits per heavy atom. The van der Waals surface area contributed by atoms with Gasteiger partial charge in [-0.05, 0) is 77.8 Å². The molecule has 0 aliphatic carbocycles. The van der Waals surface area contributed by atoms with E-state index < -0.39 is 18.1 Å². The maximum absolute atomic E-state index is 14.3. The van der Waals surface area contributed by atoms with Gasteiger partial charge in [-0.2, -0.15) is 0 Å². The van der Waals surface area contributed by atoms with E-state index in [-0.39, 0.29) is 12.0 Å². The lowest BCUT2D eigenvalue weighted by molar-refractivity contribution is 0.204. The fourth-order valence-corrected chi connectivity index (χ4v) is 4.30. The average Bonchev–Trinajstić information content (AvgIpc) is 2.90. The monoisotopic (exact) mass is 503 g/mol. The molecule has 0 aliphatic heterocycles. The normalized spacial score (nSPS) is 11.5. The first-order chi connectivity index (χ1) is 17.9. The minimum atomic E-state index is -2.64. The van der Waals surface area contributed by atoms with Crippen molar-refractivity contribution in [1.29, 1.82) is 0 Å². The number of benzene rings is 3. The molecule has 0 saturated carbocycles. The van der Waals surface area contributed by atoms with Gasteiger partial charge < -0.3 is 0 Å². The van der Waals surface area contributed by atoms with E-state index in [4.69, 9.17) is 0 Å². The summed E-state index contributed by atoms with van der Waals surface area (Å²) in [6.45, 7) is 2.16. The molecular weight excluding hydrogens is 474 g/mol. The molecule has 1 aromatic heterocycles. The van der Waals surface area contributed by atoms with E-state index in [1.807, 2.05) is 30.5 Å². The quantitative estimate of drug-likeness (QED) is 0.156. The van der Waals surface area contributed by atoms with Crippen molar-refractivity contribution in [3.63, 3.8) is 0 Å². The molecule has 0 fully saturated rings. The largest absolute Gasteiger partial charge is 0.257 e. The number of hydrogen-bond acceptors (Lipinski definition) is 1. The van der Waals surface area contributed by atoms with Gasteiger partial charge in [0.1, 0.15) is 11.6 Å². The Balaban J connectivity index is 1.37. The number of halogens is 4. The second-order valence-electron chi connectivity index (χ2n) is 9.08. The van der Waals surface area contributed by atoms with Crippen LogP contribution in [0.15, 0.2) is 91.1 Å². The molecule has 0 atom stereocenters. The Bertz CT molecular complexity index is 1300. The van der Waals surface area contributed by atoms with Gasteiger partial charge in [0.05, 0.1) is 5.69 Å². The standard InChI is InChI=1S/C32H29F4N/c1-2-4-23-11-18-31(37-21-23)27-16-14-26(15-17-27)25-12-9-22(10-13-25)7-8-24-19-29(33)28(30(34)20-24)5-3-6-32(35)36/h3,6,9-21,32H,2,4-5,7-8H2,1H3/b6-3+. The summed E-state index contributed by atoms with van der Waals surface area (Å²) < 4.78 is 53.1. The number of alkyl halides is 2.